The largest absolute Gasteiger partial charge is 0.489 e. The normalized spacial score (nSPS) is 11.9. The lowest BCUT2D eigenvalue weighted by molar-refractivity contribution is 0.306. The Balaban J connectivity index is 1.34. The van der Waals surface area contributed by atoms with E-state index in [1.807, 2.05) is 126 Å². The van der Waals surface area contributed by atoms with Crippen molar-refractivity contribution in [2.75, 3.05) is 0 Å². The van der Waals surface area contributed by atoms with E-state index in [2.05, 4.69) is 4.98 Å². The Morgan fingerprint density at radius 1 is 0.846 bits per heavy atom. The molecule has 0 aliphatic rings. The predicted molar refractivity (Wildman–Crippen MR) is 155 cm³/mol. The highest BCUT2D eigenvalue weighted by atomic mass is 32.1. The van der Waals surface area contributed by atoms with E-state index in [4.69, 9.17) is 9.84 Å². The average molecular weight is 527 g/mol. The summed E-state index contributed by atoms with van der Waals surface area (Å²) < 4.78 is 10.2. The van der Waals surface area contributed by atoms with Gasteiger partial charge in [0.2, 0.25) is 0 Å². The molecule has 0 bridgehead atoms. The number of rotatable bonds is 6. The molecule has 0 radical (unpaired) electrons. The van der Waals surface area contributed by atoms with Crippen LogP contribution in [0.5, 0.6) is 5.75 Å². The molecule has 6 nitrogen and oxygen atoms in total. The summed E-state index contributed by atoms with van der Waals surface area (Å²) in [5, 5.41) is 4.94. The highest BCUT2D eigenvalue weighted by Gasteiger charge is 2.15. The van der Waals surface area contributed by atoms with Crippen LogP contribution < -0.4 is 14.8 Å². The Kier molecular flexibility index (Phi) is 5.75. The predicted octanol–water partition coefficient (Wildman–Crippen LogP) is 5.89. The summed E-state index contributed by atoms with van der Waals surface area (Å²) in [6.07, 6.45) is 3.87. The lowest BCUT2D eigenvalue weighted by atomic mass is 10.1. The maximum Gasteiger partial charge on any atom is 0.274 e. The zero-order valence-corrected chi connectivity index (χ0v) is 21.6. The fraction of sp³-hybridized carbons (Fsp3) is 0.0312. The molecule has 3 aromatic heterocycles. The average Bonchev–Trinajstić information content (AvgIpc) is 3.66. The third-order valence-corrected chi connectivity index (χ3v) is 7.52. The molecular formula is C32H22N4O2S. The second-order valence-corrected chi connectivity index (χ2v) is 10.2. The number of ether oxygens (including phenoxy) is 1. The zero-order valence-electron chi connectivity index (χ0n) is 20.8. The first kappa shape index (κ1) is 23.1. The Hall–Kier alpha value is -5.01. The smallest absolute Gasteiger partial charge is 0.274 e. The molecule has 0 aliphatic heterocycles. The molecule has 4 aromatic carbocycles. The van der Waals surface area contributed by atoms with Crippen molar-refractivity contribution in [2.45, 2.75) is 6.61 Å². The van der Waals surface area contributed by atoms with Gasteiger partial charge in [0.05, 0.1) is 21.3 Å². The van der Waals surface area contributed by atoms with Gasteiger partial charge in [-0.25, -0.2) is 14.1 Å². The third kappa shape index (κ3) is 4.39. The molecule has 0 spiro atoms. The van der Waals surface area contributed by atoms with Gasteiger partial charge in [-0.3, -0.25) is 4.79 Å². The van der Waals surface area contributed by atoms with Gasteiger partial charge in [0.1, 0.15) is 18.1 Å². The molecule has 7 heteroatoms. The molecular weight excluding hydrogens is 504 g/mol. The highest BCUT2D eigenvalue weighted by molar-refractivity contribution is 7.15. The molecule has 0 aliphatic carbocycles. The summed E-state index contributed by atoms with van der Waals surface area (Å²) in [6.45, 7) is 0.476. The lowest BCUT2D eigenvalue weighted by Crippen LogP contribution is -2.22. The SMILES string of the molecule is O=c1c(=Cc2cn(-c3ccccc3)nc2-c2cccc(OCc3ccccc3)c2)sc2nc3ccccc3n12. The lowest BCUT2D eigenvalue weighted by Gasteiger charge is -2.08. The van der Waals surface area contributed by atoms with Crippen LogP contribution >= 0.6 is 11.3 Å². The molecule has 0 amide bonds. The van der Waals surface area contributed by atoms with Crippen molar-refractivity contribution < 1.29 is 4.74 Å². The number of thiazole rings is 1. The van der Waals surface area contributed by atoms with Crippen LogP contribution in [-0.4, -0.2) is 19.2 Å². The van der Waals surface area contributed by atoms with E-state index in [9.17, 15) is 4.79 Å². The van der Waals surface area contributed by atoms with E-state index in [0.29, 0.717) is 16.1 Å². The molecule has 0 unspecified atom stereocenters. The first-order chi connectivity index (χ1) is 19.2. The second-order valence-electron chi connectivity index (χ2n) is 9.15. The Bertz CT molecular complexity index is 2040. The van der Waals surface area contributed by atoms with E-state index in [1.54, 1.807) is 4.40 Å². The molecule has 7 rings (SSSR count). The maximum atomic E-state index is 13.5. The van der Waals surface area contributed by atoms with Crippen LogP contribution in [-0.2, 0) is 6.61 Å². The van der Waals surface area contributed by atoms with E-state index >= 15 is 0 Å². The maximum absolute atomic E-state index is 13.5. The van der Waals surface area contributed by atoms with Crippen molar-refractivity contribution >= 4 is 33.4 Å². The van der Waals surface area contributed by atoms with Gasteiger partial charge in [0.15, 0.2) is 4.96 Å². The van der Waals surface area contributed by atoms with Crippen molar-refractivity contribution in [3.63, 3.8) is 0 Å². The van der Waals surface area contributed by atoms with E-state index < -0.39 is 0 Å². The summed E-state index contributed by atoms with van der Waals surface area (Å²) in [7, 11) is 0. The topological polar surface area (TPSA) is 61.4 Å². The summed E-state index contributed by atoms with van der Waals surface area (Å²) in [6, 6.07) is 35.6. The monoisotopic (exact) mass is 526 g/mol. The first-order valence-electron chi connectivity index (χ1n) is 12.6. The minimum Gasteiger partial charge on any atom is -0.489 e. The van der Waals surface area contributed by atoms with Crippen LogP contribution in [0, 0.1) is 0 Å². The van der Waals surface area contributed by atoms with Gasteiger partial charge in [0.25, 0.3) is 5.56 Å². The number of imidazole rings is 1. The van der Waals surface area contributed by atoms with Crippen molar-refractivity contribution in [1.29, 1.82) is 0 Å². The van der Waals surface area contributed by atoms with Crippen LogP contribution in [0.25, 0.3) is 39.0 Å². The van der Waals surface area contributed by atoms with Gasteiger partial charge in [-0.1, -0.05) is 84.1 Å². The minimum absolute atomic E-state index is 0.0814. The Labute approximate surface area is 227 Å². The molecule has 3 heterocycles. The number of para-hydroxylation sites is 3. The molecule has 0 atom stereocenters. The van der Waals surface area contributed by atoms with Crippen LogP contribution in [0.4, 0.5) is 0 Å². The molecule has 0 saturated heterocycles. The van der Waals surface area contributed by atoms with Crippen LogP contribution in [0.15, 0.2) is 120 Å². The zero-order chi connectivity index (χ0) is 26.2. The van der Waals surface area contributed by atoms with Crippen molar-refractivity contribution in [1.82, 2.24) is 19.2 Å². The third-order valence-electron chi connectivity index (χ3n) is 6.55. The molecule has 0 saturated carbocycles. The molecule has 188 valence electrons. The van der Waals surface area contributed by atoms with Crippen molar-refractivity contribution in [3.05, 3.63) is 141 Å². The number of hydrogen-bond donors (Lipinski definition) is 0. The van der Waals surface area contributed by atoms with Gasteiger partial charge in [-0.05, 0) is 48.0 Å². The van der Waals surface area contributed by atoms with E-state index in [-0.39, 0.29) is 5.56 Å². The molecule has 7 aromatic rings. The summed E-state index contributed by atoms with van der Waals surface area (Å²) in [4.78, 5) is 18.8. The van der Waals surface area contributed by atoms with Gasteiger partial charge < -0.3 is 4.74 Å². The fourth-order valence-electron chi connectivity index (χ4n) is 4.66. The molecule has 0 N–H and O–H groups in total. The van der Waals surface area contributed by atoms with Gasteiger partial charge in [0, 0.05) is 17.3 Å². The van der Waals surface area contributed by atoms with E-state index in [0.717, 1.165) is 44.9 Å². The number of benzene rings is 4. The number of nitrogens with zero attached hydrogens (tertiary/aromatic N) is 4. The fourth-order valence-corrected chi connectivity index (χ4v) is 5.64. The molecule has 0 fully saturated rings. The number of fused-ring (bicyclic) bond motifs is 3. The van der Waals surface area contributed by atoms with Gasteiger partial charge in [-0.15, -0.1) is 0 Å². The highest BCUT2D eigenvalue weighted by Crippen LogP contribution is 2.28. The quantitative estimate of drug-likeness (QED) is 0.271. The van der Waals surface area contributed by atoms with Gasteiger partial charge in [-0.2, -0.15) is 5.10 Å². The Morgan fingerprint density at radius 3 is 2.46 bits per heavy atom. The van der Waals surface area contributed by atoms with Gasteiger partial charge >= 0.3 is 0 Å². The number of hydrogen-bond acceptors (Lipinski definition) is 5. The summed E-state index contributed by atoms with van der Waals surface area (Å²) >= 11 is 1.38. The van der Waals surface area contributed by atoms with Crippen LogP contribution in [0.1, 0.15) is 11.1 Å². The minimum atomic E-state index is -0.0814. The van der Waals surface area contributed by atoms with Crippen LogP contribution in [0.2, 0.25) is 0 Å². The number of aromatic nitrogens is 4. The summed E-state index contributed by atoms with van der Waals surface area (Å²) in [5.74, 6) is 0.752. The van der Waals surface area contributed by atoms with Crippen molar-refractivity contribution in [2.24, 2.45) is 0 Å². The Morgan fingerprint density at radius 2 is 1.62 bits per heavy atom. The second kappa shape index (κ2) is 9.70. The molecule has 39 heavy (non-hydrogen) atoms. The standard InChI is InChI=1S/C32H22N4O2S/c37-31-29(39-32-33-27-16-7-8-17-28(27)36(31)32)19-24-20-35(25-13-5-2-6-14-25)34-30(24)23-12-9-15-26(18-23)38-21-22-10-3-1-4-11-22/h1-20H,21H2. The van der Waals surface area contributed by atoms with E-state index in [1.165, 1.54) is 11.3 Å². The van der Waals surface area contributed by atoms with Crippen LogP contribution in [0.3, 0.4) is 0 Å². The van der Waals surface area contributed by atoms with Crippen molar-refractivity contribution in [3.8, 4) is 22.7 Å². The summed E-state index contributed by atoms with van der Waals surface area (Å²) in [5.41, 5.74) is 6.09. The first-order valence-corrected chi connectivity index (χ1v) is 13.4.